The van der Waals surface area contributed by atoms with E-state index < -0.39 is 0 Å². The van der Waals surface area contributed by atoms with Gasteiger partial charge in [-0.25, -0.2) is 4.98 Å². The van der Waals surface area contributed by atoms with E-state index in [9.17, 15) is 4.79 Å². The van der Waals surface area contributed by atoms with E-state index in [0.29, 0.717) is 19.7 Å². The Kier molecular flexibility index (Phi) is 6.60. The molecule has 0 aliphatic heterocycles. The van der Waals surface area contributed by atoms with Crippen molar-refractivity contribution < 1.29 is 9.53 Å². The summed E-state index contributed by atoms with van der Waals surface area (Å²) in [5.74, 6) is -0.180. The maximum Gasteiger partial charge on any atom is 0.320 e. The van der Waals surface area contributed by atoms with Gasteiger partial charge < -0.3 is 4.74 Å². The molecule has 1 heterocycles. The number of ether oxygens (including phenoxy) is 1. The number of aryl methyl sites for hydroxylation is 1. The zero-order chi connectivity index (χ0) is 13.4. The fraction of sp³-hybridized carbons (Fsp3) is 0.538. The van der Waals surface area contributed by atoms with Crippen molar-refractivity contribution in [1.29, 1.82) is 0 Å². The number of hydrogen-bond acceptors (Lipinski definition) is 5. The van der Waals surface area contributed by atoms with E-state index in [1.165, 1.54) is 4.88 Å². The van der Waals surface area contributed by atoms with Crippen LogP contribution >= 0.6 is 11.3 Å². The number of carbonyl (C=O) groups excluding carboxylic acids is 1. The molecule has 0 spiro atoms. The van der Waals surface area contributed by atoms with E-state index in [0.717, 1.165) is 18.7 Å². The van der Waals surface area contributed by atoms with Crippen molar-refractivity contribution in [3.05, 3.63) is 28.7 Å². The van der Waals surface area contributed by atoms with Crippen molar-refractivity contribution in [2.75, 3.05) is 26.2 Å². The van der Waals surface area contributed by atoms with E-state index in [-0.39, 0.29) is 5.97 Å². The quantitative estimate of drug-likeness (QED) is 0.534. The molecule has 0 bridgehead atoms. The normalized spacial score (nSPS) is 10.6. The molecule has 0 saturated carbocycles. The second-order valence-corrected chi connectivity index (χ2v) is 4.88. The molecule has 0 radical (unpaired) electrons. The molecule has 0 atom stereocenters. The summed E-state index contributed by atoms with van der Waals surface area (Å²) < 4.78 is 4.95. The second-order valence-electron chi connectivity index (χ2n) is 3.94. The molecule has 0 aliphatic rings. The van der Waals surface area contributed by atoms with Gasteiger partial charge in [-0.15, -0.1) is 17.9 Å². The molecule has 18 heavy (non-hydrogen) atoms. The van der Waals surface area contributed by atoms with Crippen LogP contribution in [0.1, 0.15) is 17.5 Å². The number of rotatable bonds is 8. The van der Waals surface area contributed by atoms with Crippen LogP contribution in [0, 0.1) is 6.92 Å². The number of hydrogen-bond donors (Lipinski definition) is 0. The molecule has 1 aromatic rings. The third kappa shape index (κ3) is 4.98. The lowest BCUT2D eigenvalue weighted by Gasteiger charge is -2.19. The average molecular weight is 268 g/mol. The number of esters is 1. The lowest BCUT2D eigenvalue weighted by atomic mass is 10.3. The van der Waals surface area contributed by atoms with Crippen molar-refractivity contribution in [3.63, 3.8) is 0 Å². The summed E-state index contributed by atoms with van der Waals surface area (Å²) in [5.41, 5.74) is 2.93. The Hall–Kier alpha value is -1.20. The van der Waals surface area contributed by atoms with Gasteiger partial charge in [0.25, 0.3) is 0 Å². The number of nitrogens with zero attached hydrogens (tertiary/aromatic N) is 2. The third-order valence-electron chi connectivity index (χ3n) is 2.55. The highest BCUT2D eigenvalue weighted by Gasteiger charge is 2.11. The minimum atomic E-state index is -0.180. The van der Waals surface area contributed by atoms with Crippen molar-refractivity contribution in [3.8, 4) is 0 Å². The number of carbonyl (C=O) groups is 1. The molecule has 1 aromatic heterocycles. The fourth-order valence-corrected chi connectivity index (χ4v) is 2.40. The van der Waals surface area contributed by atoms with Gasteiger partial charge in [0.15, 0.2) is 0 Å². The van der Waals surface area contributed by atoms with Gasteiger partial charge in [-0.2, -0.15) is 0 Å². The summed E-state index contributed by atoms with van der Waals surface area (Å²) in [6.07, 6.45) is 2.71. The third-order valence-corrected chi connectivity index (χ3v) is 3.54. The molecular formula is C13H20N2O2S. The zero-order valence-electron chi connectivity index (χ0n) is 11.0. The van der Waals surface area contributed by atoms with Crippen LogP contribution in [0.3, 0.4) is 0 Å². The van der Waals surface area contributed by atoms with Gasteiger partial charge in [0, 0.05) is 18.0 Å². The fourth-order valence-electron chi connectivity index (χ4n) is 1.63. The zero-order valence-corrected chi connectivity index (χ0v) is 11.8. The lowest BCUT2D eigenvalue weighted by molar-refractivity contribution is -0.144. The standard InChI is InChI=1S/C13H20N2O2S/c1-4-7-15(9-13(16)17-5-2)8-6-12-11(3)14-10-18-12/h4,10H,1,5-9H2,2-3H3. The van der Waals surface area contributed by atoms with Crippen molar-refractivity contribution in [2.24, 2.45) is 0 Å². The van der Waals surface area contributed by atoms with Crippen LogP contribution in [0.15, 0.2) is 18.2 Å². The van der Waals surface area contributed by atoms with E-state index in [4.69, 9.17) is 4.74 Å². The van der Waals surface area contributed by atoms with Gasteiger partial charge in [-0.05, 0) is 20.3 Å². The van der Waals surface area contributed by atoms with Gasteiger partial charge in [-0.1, -0.05) is 6.08 Å². The molecule has 0 aliphatic carbocycles. The Labute approximate surface area is 112 Å². The molecule has 0 N–H and O–H groups in total. The van der Waals surface area contributed by atoms with E-state index in [1.54, 1.807) is 17.4 Å². The average Bonchev–Trinajstić information content (AvgIpc) is 2.72. The SMILES string of the molecule is C=CCN(CCc1scnc1C)CC(=O)OCC. The largest absolute Gasteiger partial charge is 0.465 e. The first-order chi connectivity index (χ1) is 8.67. The summed E-state index contributed by atoms with van der Waals surface area (Å²) in [4.78, 5) is 19.0. The Morgan fingerprint density at radius 2 is 2.44 bits per heavy atom. The highest BCUT2D eigenvalue weighted by molar-refractivity contribution is 7.09. The Balaban J connectivity index is 2.45. The smallest absolute Gasteiger partial charge is 0.320 e. The van der Waals surface area contributed by atoms with Crippen LogP contribution in [-0.2, 0) is 16.0 Å². The van der Waals surface area contributed by atoms with E-state index in [1.807, 2.05) is 24.3 Å². The first kappa shape index (κ1) is 14.9. The number of aromatic nitrogens is 1. The molecule has 0 aromatic carbocycles. The Bertz CT molecular complexity index is 390. The lowest BCUT2D eigenvalue weighted by Crippen LogP contribution is -2.33. The van der Waals surface area contributed by atoms with Crippen LogP contribution < -0.4 is 0 Å². The van der Waals surface area contributed by atoms with Gasteiger partial charge in [0.05, 0.1) is 24.4 Å². The van der Waals surface area contributed by atoms with E-state index in [2.05, 4.69) is 11.6 Å². The highest BCUT2D eigenvalue weighted by Crippen LogP contribution is 2.13. The van der Waals surface area contributed by atoms with Gasteiger partial charge in [0.1, 0.15) is 0 Å². The predicted octanol–water partition coefficient (Wildman–Crippen LogP) is 2.05. The summed E-state index contributed by atoms with van der Waals surface area (Å²) in [6, 6.07) is 0. The summed E-state index contributed by atoms with van der Waals surface area (Å²) >= 11 is 1.66. The van der Waals surface area contributed by atoms with Crippen LogP contribution in [0.25, 0.3) is 0 Å². The Morgan fingerprint density at radius 3 is 3.00 bits per heavy atom. The molecular weight excluding hydrogens is 248 g/mol. The maximum atomic E-state index is 11.4. The van der Waals surface area contributed by atoms with Gasteiger partial charge in [-0.3, -0.25) is 9.69 Å². The van der Waals surface area contributed by atoms with E-state index >= 15 is 0 Å². The number of thiazole rings is 1. The summed E-state index contributed by atoms with van der Waals surface area (Å²) in [7, 11) is 0. The maximum absolute atomic E-state index is 11.4. The monoisotopic (exact) mass is 268 g/mol. The second kappa shape index (κ2) is 8.00. The highest BCUT2D eigenvalue weighted by atomic mass is 32.1. The Morgan fingerprint density at radius 1 is 1.67 bits per heavy atom. The molecule has 0 saturated heterocycles. The van der Waals surface area contributed by atoms with Gasteiger partial charge in [0.2, 0.25) is 0 Å². The minimum absolute atomic E-state index is 0.180. The molecule has 0 amide bonds. The van der Waals surface area contributed by atoms with Crippen LogP contribution in [0.5, 0.6) is 0 Å². The van der Waals surface area contributed by atoms with Crippen LogP contribution in [0.2, 0.25) is 0 Å². The predicted molar refractivity (Wildman–Crippen MR) is 73.8 cm³/mol. The van der Waals surface area contributed by atoms with Crippen LogP contribution in [0.4, 0.5) is 0 Å². The minimum Gasteiger partial charge on any atom is -0.465 e. The van der Waals surface area contributed by atoms with Crippen molar-refractivity contribution in [1.82, 2.24) is 9.88 Å². The molecule has 0 unspecified atom stereocenters. The summed E-state index contributed by atoms with van der Waals surface area (Å²) in [6.45, 7) is 9.78. The van der Waals surface area contributed by atoms with Crippen molar-refractivity contribution >= 4 is 17.3 Å². The topological polar surface area (TPSA) is 42.4 Å². The molecule has 0 fully saturated rings. The summed E-state index contributed by atoms with van der Waals surface area (Å²) in [5, 5.41) is 0. The van der Waals surface area contributed by atoms with Gasteiger partial charge >= 0.3 is 5.97 Å². The molecule has 1 rings (SSSR count). The van der Waals surface area contributed by atoms with Crippen LogP contribution in [-0.4, -0.2) is 42.1 Å². The molecule has 5 heteroatoms. The first-order valence-electron chi connectivity index (χ1n) is 6.05. The molecule has 100 valence electrons. The first-order valence-corrected chi connectivity index (χ1v) is 6.93. The van der Waals surface area contributed by atoms with Crippen molar-refractivity contribution in [2.45, 2.75) is 20.3 Å². The molecule has 4 nitrogen and oxygen atoms in total.